The normalized spacial score (nSPS) is 15.5. The highest BCUT2D eigenvalue weighted by atomic mass is 16.5. The number of hydrogen-bond donors (Lipinski definition) is 1. The number of carbonyl (C=O) groups excluding carboxylic acids is 4. The van der Waals surface area contributed by atoms with Crippen molar-refractivity contribution in [2.75, 3.05) is 11.5 Å². The number of barbiturate groups is 1. The van der Waals surface area contributed by atoms with Gasteiger partial charge in [-0.15, -0.1) is 0 Å². The van der Waals surface area contributed by atoms with Crippen LogP contribution < -0.4 is 10.2 Å². The van der Waals surface area contributed by atoms with E-state index in [-0.39, 0.29) is 18.7 Å². The van der Waals surface area contributed by atoms with Crippen molar-refractivity contribution < 1.29 is 23.9 Å². The van der Waals surface area contributed by atoms with Gasteiger partial charge < -0.3 is 9.30 Å². The minimum Gasteiger partial charge on any atom is -0.465 e. The summed E-state index contributed by atoms with van der Waals surface area (Å²) in [6, 6.07) is 9.44. The first-order chi connectivity index (χ1) is 15.0. The molecule has 9 nitrogen and oxygen atoms in total. The van der Waals surface area contributed by atoms with E-state index < -0.39 is 23.8 Å². The minimum absolute atomic E-state index is 0.0146. The average molecular weight is 418 g/mol. The quantitative estimate of drug-likeness (QED) is 0.387. The van der Waals surface area contributed by atoms with Crippen LogP contribution in [0.25, 0.3) is 17.0 Å². The number of benzene rings is 1. The van der Waals surface area contributed by atoms with Gasteiger partial charge in [-0.25, -0.2) is 9.69 Å². The Balaban J connectivity index is 1.76. The first-order valence-electron chi connectivity index (χ1n) is 9.54. The number of carbonyl (C=O) groups is 4. The molecule has 0 unspecified atom stereocenters. The number of para-hydroxylation sites is 1. The summed E-state index contributed by atoms with van der Waals surface area (Å²) in [5, 5.41) is 2.93. The summed E-state index contributed by atoms with van der Waals surface area (Å²) in [7, 11) is 0. The van der Waals surface area contributed by atoms with E-state index in [1.165, 1.54) is 30.6 Å². The number of urea groups is 1. The van der Waals surface area contributed by atoms with Gasteiger partial charge in [-0.1, -0.05) is 18.2 Å². The second-order valence-electron chi connectivity index (χ2n) is 6.70. The van der Waals surface area contributed by atoms with E-state index in [1.807, 2.05) is 24.3 Å². The summed E-state index contributed by atoms with van der Waals surface area (Å²) >= 11 is 0. The molecule has 4 amide bonds. The van der Waals surface area contributed by atoms with E-state index in [2.05, 4.69) is 10.3 Å². The molecule has 31 heavy (non-hydrogen) atoms. The third kappa shape index (κ3) is 3.80. The third-order valence-electron chi connectivity index (χ3n) is 4.75. The fourth-order valence-electron chi connectivity index (χ4n) is 3.41. The lowest BCUT2D eigenvalue weighted by molar-refractivity contribution is -0.143. The number of nitrogens with zero attached hydrogens (tertiary/aromatic N) is 3. The summed E-state index contributed by atoms with van der Waals surface area (Å²) in [5.41, 5.74) is 1.40. The van der Waals surface area contributed by atoms with Crippen LogP contribution in [-0.4, -0.2) is 40.0 Å². The van der Waals surface area contributed by atoms with Gasteiger partial charge in [0, 0.05) is 35.1 Å². The number of fused-ring (bicyclic) bond motifs is 1. The van der Waals surface area contributed by atoms with Crippen molar-refractivity contribution in [1.82, 2.24) is 14.9 Å². The van der Waals surface area contributed by atoms with Crippen LogP contribution in [0, 0.1) is 0 Å². The number of imide groups is 2. The first kappa shape index (κ1) is 20.0. The van der Waals surface area contributed by atoms with Gasteiger partial charge >= 0.3 is 12.0 Å². The predicted molar refractivity (Wildman–Crippen MR) is 112 cm³/mol. The number of amides is 4. The first-order valence-corrected chi connectivity index (χ1v) is 9.54. The molecule has 1 saturated heterocycles. The SMILES string of the molecule is CCOC(=O)Cn1cc(/C=C2\C(=O)NC(=O)N(c3ccncc3)C2=O)c2ccccc21. The Kier molecular flexibility index (Phi) is 5.31. The summed E-state index contributed by atoms with van der Waals surface area (Å²) in [6.07, 6.45) is 5.97. The van der Waals surface area contributed by atoms with Crippen LogP contribution in [0.15, 0.2) is 60.6 Å². The maximum atomic E-state index is 13.0. The molecule has 3 heterocycles. The number of nitrogens with one attached hydrogen (secondary N) is 1. The lowest BCUT2D eigenvalue weighted by Gasteiger charge is -2.26. The van der Waals surface area contributed by atoms with Crippen LogP contribution in [-0.2, 0) is 25.7 Å². The molecule has 1 aliphatic rings. The van der Waals surface area contributed by atoms with E-state index in [1.54, 1.807) is 17.7 Å². The number of esters is 1. The Bertz CT molecular complexity index is 1230. The highest BCUT2D eigenvalue weighted by molar-refractivity contribution is 6.39. The van der Waals surface area contributed by atoms with Crippen LogP contribution in [0.1, 0.15) is 12.5 Å². The largest absolute Gasteiger partial charge is 0.465 e. The van der Waals surface area contributed by atoms with Gasteiger partial charge in [-0.3, -0.25) is 24.7 Å². The van der Waals surface area contributed by atoms with Gasteiger partial charge in [0.25, 0.3) is 11.8 Å². The highest BCUT2D eigenvalue weighted by Gasteiger charge is 2.37. The predicted octanol–water partition coefficient (Wildman–Crippen LogP) is 2.27. The molecule has 4 rings (SSSR count). The molecule has 0 aliphatic carbocycles. The Morgan fingerprint density at radius 3 is 2.61 bits per heavy atom. The van der Waals surface area contributed by atoms with Crippen molar-refractivity contribution >= 4 is 46.5 Å². The second-order valence-corrected chi connectivity index (χ2v) is 6.70. The molecule has 3 aromatic rings. The number of pyridine rings is 1. The number of hydrogen-bond acceptors (Lipinski definition) is 6. The summed E-state index contributed by atoms with van der Waals surface area (Å²) in [6.45, 7) is 1.98. The van der Waals surface area contributed by atoms with Crippen LogP contribution in [0.4, 0.5) is 10.5 Å². The van der Waals surface area contributed by atoms with E-state index in [0.717, 1.165) is 15.8 Å². The smallest absolute Gasteiger partial charge is 0.335 e. The van der Waals surface area contributed by atoms with Gasteiger partial charge in [0.2, 0.25) is 0 Å². The van der Waals surface area contributed by atoms with Crippen molar-refractivity contribution in [1.29, 1.82) is 0 Å². The number of ether oxygens (including phenoxy) is 1. The van der Waals surface area contributed by atoms with E-state index in [0.29, 0.717) is 11.3 Å². The molecule has 0 radical (unpaired) electrons. The topological polar surface area (TPSA) is 111 Å². The van der Waals surface area contributed by atoms with Crippen molar-refractivity contribution in [2.24, 2.45) is 0 Å². The molecule has 0 atom stereocenters. The molecule has 2 aromatic heterocycles. The molecule has 156 valence electrons. The Morgan fingerprint density at radius 1 is 1.13 bits per heavy atom. The zero-order valence-electron chi connectivity index (χ0n) is 16.6. The standard InChI is InChI=1S/C22H18N4O5/c1-2-31-19(27)13-25-12-14(16-5-3-4-6-18(16)25)11-17-20(28)24-22(30)26(21(17)29)15-7-9-23-10-8-15/h3-12H,2,13H2,1H3,(H,24,28,30)/b17-11+. The third-order valence-corrected chi connectivity index (χ3v) is 4.75. The van der Waals surface area contributed by atoms with Gasteiger partial charge in [0.15, 0.2) is 0 Å². The van der Waals surface area contributed by atoms with E-state index in [9.17, 15) is 19.2 Å². The van der Waals surface area contributed by atoms with Crippen LogP contribution in [0.2, 0.25) is 0 Å². The van der Waals surface area contributed by atoms with Crippen LogP contribution in [0.3, 0.4) is 0 Å². The molecule has 9 heteroatoms. The fraction of sp³-hybridized carbons (Fsp3) is 0.136. The summed E-state index contributed by atoms with van der Waals surface area (Å²) < 4.78 is 6.71. The van der Waals surface area contributed by atoms with Crippen molar-refractivity contribution in [3.05, 3.63) is 66.1 Å². The number of aromatic nitrogens is 2. The maximum Gasteiger partial charge on any atom is 0.335 e. The summed E-state index contributed by atoms with van der Waals surface area (Å²) in [4.78, 5) is 54.5. The van der Waals surface area contributed by atoms with Gasteiger partial charge in [-0.05, 0) is 31.2 Å². The molecule has 1 aromatic carbocycles. The van der Waals surface area contributed by atoms with Gasteiger partial charge in [0.05, 0.1) is 12.3 Å². The van der Waals surface area contributed by atoms with Gasteiger partial charge in [-0.2, -0.15) is 0 Å². The molecule has 0 spiro atoms. The Hall–Kier alpha value is -4.27. The summed E-state index contributed by atoms with van der Waals surface area (Å²) in [5.74, 6) is -1.94. The molecular formula is C22H18N4O5. The van der Waals surface area contributed by atoms with Gasteiger partial charge in [0.1, 0.15) is 12.1 Å². The number of rotatable bonds is 5. The van der Waals surface area contributed by atoms with Crippen LogP contribution in [0.5, 0.6) is 0 Å². The van der Waals surface area contributed by atoms with Crippen molar-refractivity contribution in [2.45, 2.75) is 13.5 Å². The average Bonchev–Trinajstić information content (AvgIpc) is 3.09. The number of anilines is 1. The maximum absolute atomic E-state index is 13.0. The molecule has 0 saturated carbocycles. The lowest BCUT2D eigenvalue weighted by Crippen LogP contribution is -2.54. The molecule has 1 aliphatic heterocycles. The monoisotopic (exact) mass is 418 g/mol. The molecular weight excluding hydrogens is 400 g/mol. The van der Waals surface area contributed by atoms with Crippen LogP contribution >= 0.6 is 0 Å². The molecule has 1 fully saturated rings. The Morgan fingerprint density at radius 2 is 1.87 bits per heavy atom. The molecule has 1 N–H and O–H groups in total. The van der Waals surface area contributed by atoms with Crippen molar-refractivity contribution in [3.8, 4) is 0 Å². The zero-order chi connectivity index (χ0) is 22.0. The molecule has 0 bridgehead atoms. The van der Waals surface area contributed by atoms with E-state index in [4.69, 9.17) is 4.74 Å². The van der Waals surface area contributed by atoms with Crippen molar-refractivity contribution in [3.63, 3.8) is 0 Å². The second kappa shape index (κ2) is 8.23. The minimum atomic E-state index is -0.830. The fourth-order valence-corrected chi connectivity index (χ4v) is 3.41. The zero-order valence-corrected chi connectivity index (χ0v) is 16.6. The van der Waals surface area contributed by atoms with E-state index >= 15 is 0 Å². The Labute approximate surface area is 176 Å². The lowest BCUT2D eigenvalue weighted by atomic mass is 10.1. The highest BCUT2D eigenvalue weighted by Crippen LogP contribution is 2.26.